The molecule has 0 saturated heterocycles. The van der Waals surface area contributed by atoms with Crippen LogP contribution >= 0.6 is 0 Å². The molecule has 1 aromatic carbocycles. The lowest BCUT2D eigenvalue weighted by Crippen LogP contribution is -2.00. The fraction of sp³-hybridized carbons (Fsp3) is 0.286. The van der Waals surface area contributed by atoms with E-state index in [0.29, 0.717) is 22.9 Å². The molecule has 0 aliphatic carbocycles. The normalized spacial score (nSPS) is 10.7. The molecule has 2 aromatic rings. The molecule has 1 heterocycles. The Morgan fingerprint density at radius 1 is 1.42 bits per heavy atom. The molecule has 0 aliphatic rings. The zero-order valence-electron chi connectivity index (χ0n) is 11.1. The molecule has 0 atom stereocenters. The Balaban J connectivity index is 2.56. The van der Waals surface area contributed by atoms with Gasteiger partial charge in [0.25, 0.3) is 0 Å². The fourth-order valence-electron chi connectivity index (χ4n) is 1.92. The Hall–Kier alpha value is -2.30. The van der Waals surface area contributed by atoms with Crippen LogP contribution < -0.4 is 4.74 Å². The predicted octanol–water partition coefficient (Wildman–Crippen LogP) is 2.91. The first kappa shape index (κ1) is 13.1. The van der Waals surface area contributed by atoms with Gasteiger partial charge in [-0.1, -0.05) is 19.9 Å². The summed E-state index contributed by atoms with van der Waals surface area (Å²) in [6, 6.07) is 5.72. The maximum atomic E-state index is 11.1. The van der Waals surface area contributed by atoms with Gasteiger partial charge in [0.05, 0.1) is 13.4 Å². The van der Waals surface area contributed by atoms with Crippen molar-refractivity contribution in [3.8, 4) is 17.0 Å². The average Bonchev–Trinajstić information content (AvgIpc) is 2.87. The molecule has 19 heavy (non-hydrogen) atoms. The van der Waals surface area contributed by atoms with Crippen LogP contribution in [0.4, 0.5) is 0 Å². The first-order valence-corrected chi connectivity index (χ1v) is 5.99. The quantitative estimate of drug-likeness (QED) is 0.886. The van der Waals surface area contributed by atoms with Crippen molar-refractivity contribution in [3.63, 3.8) is 0 Å². The van der Waals surface area contributed by atoms with Crippen LogP contribution in [0, 0.1) is 0 Å². The number of aromatic carboxylic acids is 1. The minimum absolute atomic E-state index is 0.0654. The summed E-state index contributed by atoms with van der Waals surface area (Å²) in [7, 11) is 1.57. The number of aromatic nitrogens is 2. The maximum absolute atomic E-state index is 11.1. The molecule has 0 unspecified atom stereocenters. The first-order valence-electron chi connectivity index (χ1n) is 5.99. The number of nitrogens with zero attached hydrogens (tertiary/aromatic N) is 1. The number of nitrogens with one attached hydrogen (secondary N) is 1. The van der Waals surface area contributed by atoms with Crippen molar-refractivity contribution in [2.45, 2.75) is 19.8 Å². The number of imidazole rings is 1. The second-order valence-electron chi connectivity index (χ2n) is 4.55. The number of carboxylic acids is 1. The van der Waals surface area contributed by atoms with Crippen molar-refractivity contribution >= 4 is 5.97 Å². The molecule has 0 saturated carbocycles. The minimum Gasteiger partial charge on any atom is -0.496 e. The maximum Gasteiger partial charge on any atom is 0.354 e. The van der Waals surface area contributed by atoms with Gasteiger partial charge in [0.1, 0.15) is 11.4 Å². The molecule has 5 nitrogen and oxygen atoms in total. The molecular weight excluding hydrogens is 244 g/mol. The van der Waals surface area contributed by atoms with Crippen molar-refractivity contribution in [1.29, 1.82) is 0 Å². The van der Waals surface area contributed by atoms with E-state index in [0.717, 1.165) is 5.56 Å². The number of H-pyrrole nitrogens is 1. The SMILES string of the molecule is COc1cc(C(C)C)ccc1-c1nc[nH]c1C(=O)O. The van der Waals surface area contributed by atoms with Crippen LogP contribution in [0.25, 0.3) is 11.3 Å². The van der Waals surface area contributed by atoms with E-state index in [2.05, 4.69) is 23.8 Å². The summed E-state index contributed by atoms with van der Waals surface area (Å²) in [6.45, 7) is 4.18. The summed E-state index contributed by atoms with van der Waals surface area (Å²) in [5, 5.41) is 9.11. The molecule has 0 radical (unpaired) electrons. The van der Waals surface area contributed by atoms with E-state index in [-0.39, 0.29) is 5.69 Å². The van der Waals surface area contributed by atoms with Crippen molar-refractivity contribution in [1.82, 2.24) is 9.97 Å². The monoisotopic (exact) mass is 260 g/mol. The highest BCUT2D eigenvalue weighted by atomic mass is 16.5. The summed E-state index contributed by atoms with van der Waals surface area (Å²) in [6.07, 6.45) is 1.37. The molecule has 0 fully saturated rings. The number of hydrogen-bond acceptors (Lipinski definition) is 3. The lowest BCUT2D eigenvalue weighted by atomic mass is 9.99. The third-order valence-electron chi connectivity index (χ3n) is 3.00. The Bertz CT molecular complexity index is 602. The number of methoxy groups -OCH3 is 1. The van der Waals surface area contributed by atoms with Gasteiger partial charge in [0.2, 0.25) is 0 Å². The van der Waals surface area contributed by atoms with Gasteiger partial charge < -0.3 is 14.8 Å². The van der Waals surface area contributed by atoms with Gasteiger partial charge in [-0.05, 0) is 23.6 Å². The van der Waals surface area contributed by atoms with E-state index in [1.165, 1.54) is 6.33 Å². The largest absolute Gasteiger partial charge is 0.496 e. The predicted molar refractivity (Wildman–Crippen MR) is 71.6 cm³/mol. The van der Waals surface area contributed by atoms with Gasteiger partial charge in [-0.2, -0.15) is 0 Å². The molecule has 0 amide bonds. The van der Waals surface area contributed by atoms with Crippen LogP contribution in [0.15, 0.2) is 24.5 Å². The van der Waals surface area contributed by atoms with E-state index >= 15 is 0 Å². The number of carboxylic acid groups (broad SMARTS) is 1. The van der Waals surface area contributed by atoms with Gasteiger partial charge in [-0.3, -0.25) is 0 Å². The minimum atomic E-state index is -1.04. The Morgan fingerprint density at radius 3 is 2.74 bits per heavy atom. The third kappa shape index (κ3) is 2.45. The van der Waals surface area contributed by atoms with Crippen LogP contribution in [-0.2, 0) is 0 Å². The van der Waals surface area contributed by atoms with Gasteiger partial charge >= 0.3 is 5.97 Å². The van der Waals surface area contributed by atoms with Crippen molar-refractivity contribution in [3.05, 3.63) is 35.8 Å². The smallest absolute Gasteiger partial charge is 0.354 e. The summed E-state index contributed by atoms with van der Waals surface area (Å²) in [4.78, 5) is 17.8. The number of hydrogen-bond donors (Lipinski definition) is 2. The Kier molecular flexibility index (Phi) is 3.55. The number of aromatic amines is 1. The van der Waals surface area contributed by atoms with E-state index in [9.17, 15) is 4.79 Å². The second-order valence-corrected chi connectivity index (χ2v) is 4.55. The van der Waals surface area contributed by atoms with Crippen LogP contribution in [-0.4, -0.2) is 28.2 Å². The highest BCUT2D eigenvalue weighted by Gasteiger charge is 2.18. The number of carbonyl (C=O) groups is 1. The molecule has 2 rings (SSSR count). The summed E-state index contributed by atoms with van der Waals surface area (Å²) < 4.78 is 5.35. The topological polar surface area (TPSA) is 75.2 Å². The molecule has 0 spiro atoms. The van der Waals surface area contributed by atoms with E-state index in [4.69, 9.17) is 9.84 Å². The van der Waals surface area contributed by atoms with Crippen LogP contribution in [0.1, 0.15) is 35.8 Å². The van der Waals surface area contributed by atoms with Gasteiger partial charge in [-0.25, -0.2) is 9.78 Å². The van der Waals surface area contributed by atoms with Gasteiger partial charge in [-0.15, -0.1) is 0 Å². The van der Waals surface area contributed by atoms with E-state index < -0.39 is 5.97 Å². The molecule has 0 bridgehead atoms. The fourth-order valence-corrected chi connectivity index (χ4v) is 1.92. The van der Waals surface area contributed by atoms with Crippen molar-refractivity contribution < 1.29 is 14.6 Å². The second kappa shape index (κ2) is 5.14. The van der Waals surface area contributed by atoms with Crippen LogP contribution in [0.5, 0.6) is 5.75 Å². The highest BCUT2D eigenvalue weighted by Crippen LogP contribution is 2.33. The summed E-state index contributed by atoms with van der Waals surface area (Å²) in [5.74, 6) is -0.0376. The van der Waals surface area contributed by atoms with Crippen LogP contribution in [0.3, 0.4) is 0 Å². The van der Waals surface area contributed by atoms with Gasteiger partial charge in [0, 0.05) is 5.56 Å². The Morgan fingerprint density at radius 2 is 2.16 bits per heavy atom. The number of rotatable bonds is 4. The highest BCUT2D eigenvalue weighted by molar-refractivity contribution is 5.93. The lowest BCUT2D eigenvalue weighted by molar-refractivity contribution is 0.0692. The average molecular weight is 260 g/mol. The summed E-state index contributed by atoms with van der Waals surface area (Å²) >= 11 is 0. The first-order chi connectivity index (χ1) is 9.04. The van der Waals surface area contributed by atoms with Crippen molar-refractivity contribution in [2.24, 2.45) is 0 Å². The molecular formula is C14H16N2O3. The molecule has 0 aliphatic heterocycles. The van der Waals surface area contributed by atoms with Gasteiger partial charge in [0.15, 0.2) is 5.69 Å². The standard InChI is InChI=1S/C14H16N2O3/c1-8(2)9-4-5-10(11(6-9)19-3)12-13(14(17)18)16-7-15-12/h4-8H,1-3H3,(H,15,16)(H,17,18). The number of ether oxygens (including phenoxy) is 1. The van der Waals surface area contributed by atoms with Crippen LogP contribution in [0.2, 0.25) is 0 Å². The summed E-state index contributed by atoms with van der Waals surface area (Å²) in [5.41, 5.74) is 2.26. The zero-order valence-corrected chi connectivity index (χ0v) is 11.1. The van der Waals surface area contributed by atoms with Crippen molar-refractivity contribution in [2.75, 3.05) is 7.11 Å². The number of benzene rings is 1. The molecule has 2 N–H and O–H groups in total. The third-order valence-corrected chi connectivity index (χ3v) is 3.00. The van der Waals surface area contributed by atoms with E-state index in [1.54, 1.807) is 7.11 Å². The molecule has 100 valence electrons. The van der Waals surface area contributed by atoms with E-state index in [1.807, 2.05) is 18.2 Å². The zero-order chi connectivity index (χ0) is 14.0. The Labute approximate surface area is 111 Å². The lowest BCUT2D eigenvalue weighted by Gasteiger charge is -2.11. The molecule has 5 heteroatoms. The molecule has 1 aromatic heterocycles.